The average Bonchev–Trinajstić information content (AvgIpc) is 3.24. The fourth-order valence-electron chi connectivity index (χ4n) is 3.39. The van der Waals surface area contributed by atoms with Crippen molar-refractivity contribution in [1.82, 2.24) is 9.78 Å². The highest BCUT2D eigenvalue weighted by molar-refractivity contribution is 6.07. The number of nitrogens with zero attached hydrogens (tertiary/aromatic N) is 5. The Labute approximate surface area is 201 Å². The minimum atomic E-state index is -0.391. The van der Waals surface area contributed by atoms with E-state index in [2.05, 4.69) is 31.7 Å². The van der Waals surface area contributed by atoms with E-state index in [1.165, 1.54) is 0 Å². The van der Waals surface area contributed by atoms with Crippen LogP contribution in [0.2, 0.25) is 0 Å². The van der Waals surface area contributed by atoms with Crippen LogP contribution in [0.25, 0.3) is 21.7 Å². The van der Waals surface area contributed by atoms with Gasteiger partial charge in [0.05, 0.1) is 11.4 Å². The van der Waals surface area contributed by atoms with Crippen molar-refractivity contribution in [2.24, 2.45) is 12.2 Å². The maximum Gasteiger partial charge on any atom is 0.256 e. The molecule has 3 aromatic carbocycles. The Morgan fingerprint density at radius 2 is 1.77 bits per heavy atom. The quantitative estimate of drug-likeness (QED) is 0.170. The lowest BCUT2D eigenvalue weighted by Gasteiger charge is -2.07. The molecule has 4 rings (SSSR count). The van der Waals surface area contributed by atoms with Crippen molar-refractivity contribution in [3.05, 3.63) is 106 Å². The van der Waals surface area contributed by atoms with Crippen LogP contribution in [0, 0.1) is 12.3 Å². The molecule has 0 spiro atoms. The summed E-state index contributed by atoms with van der Waals surface area (Å²) < 4.78 is 1.57. The molecule has 2 amide bonds. The molecule has 0 aliphatic carbocycles. The van der Waals surface area contributed by atoms with E-state index in [-0.39, 0.29) is 17.2 Å². The monoisotopic (exact) mass is 461 g/mol. The van der Waals surface area contributed by atoms with Crippen LogP contribution in [-0.4, -0.2) is 21.6 Å². The number of aryl methyl sites for hydroxylation is 1. The second kappa shape index (κ2) is 10.1. The first kappa shape index (κ1) is 22.9. The van der Waals surface area contributed by atoms with Gasteiger partial charge in [0.15, 0.2) is 0 Å². The molecule has 0 unspecified atom stereocenters. The predicted octanol–water partition coefficient (Wildman–Crippen LogP) is 5.51. The van der Waals surface area contributed by atoms with Crippen LogP contribution in [0.3, 0.4) is 0 Å². The lowest BCUT2D eigenvalue weighted by molar-refractivity contribution is 0.101. The first-order valence-electron chi connectivity index (χ1n) is 10.5. The van der Waals surface area contributed by atoms with Crippen molar-refractivity contribution in [3.63, 3.8) is 0 Å². The maximum atomic E-state index is 12.6. The van der Waals surface area contributed by atoms with Crippen molar-refractivity contribution in [1.29, 1.82) is 0 Å². The van der Waals surface area contributed by atoms with Gasteiger partial charge in [0.2, 0.25) is 0 Å². The lowest BCUT2D eigenvalue weighted by Crippen LogP contribution is -2.14. The normalized spacial score (nSPS) is 10.1. The van der Waals surface area contributed by atoms with Gasteiger partial charge in [-0.25, -0.2) is 0 Å². The zero-order valence-corrected chi connectivity index (χ0v) is 18.6. The number of benzene rings is 3. The van der Waals surface area contributed by atoms with E-state index in [1.807, 2.05) is 0 Å². The van der Waals surface area contributed by atoms with Gasteiger partial charge in [-0.05, 0) is 41.9 Å². The molecule has 35 heavy (non-hydrogen) atoms. The number of terminal acetylenes is 1. The van der Waals surface area contributed by atoms with Crippen molar-refractivity contribution in [3.8, 4) is 23.6 Å². The predicted molar refractivity (Wildman–Crippen MR) is 134 cm³/mol. The Bertz CT molecular complexity index is 1510. The number of rotatable bonds is 6. The fraction of sp³-hybridized carbons (Fsp3) is 0.0385. The summed E-state index contributed by atoms with van der Waals surface area (Å²) in [5.74, 6) is 2.34. The number of azide groups is 1. The van der Waals surface area contributed by atoms with Crippen LogP contribution in [0.1, 0.15) is 26.3 Å². The molecule has 0 atom stereocenters. The van der Waals surface area contributed by atoms with E-state index in [0.717, 1.165) is 5.56 Å². The standard InChI is InChI=1S/C26H19N7O2/c1-3-17-7-6-8-19(15-17)25(34)29-24-16-23(31-33(24)2)18-11-13-20(14-12-18)28-26(35)21-9-4-5-10-22(21)30-32-27/h1,4-16H,2H3,(H,28,35)(H,29,34). The third-order valence-electron chi connectivity index (χ3n) is 5.15. The summed E-state index contributed by atoms with van der Waals surface area (Å²) in [6.07, 6.45) is 5.41. The Morgan fingerprint density at radius 3 is 2.51 bits per heavy atom. The van der Waals surface area contributed by atoms with E-state index in [4.69, 9.17) is 12.0 Å². The molecule has 4 aromatic rings. The number of amides is 2. The molecule has 0 bridgehead atoms. The number of hydrogen-bond donors (Lipinski definition) is 2. The molecule has 9 heteroatoms. The van der Waals surface area contributed by atoms with Crippen molar-refractivity contribution in [2.45, 2.75) is 0 Å². The fourth-order valence-corrected chi connectivity index (χ4v) is 3.39. The van der Waals surface area contributed by atoms with Crippen LogP contribution >= 0.6 is 0 Å². The minimum absolute atomic E-state index is 0.248. The van der Waals surface area contributed by atoms with Crippen molar-refractivity contribution >= 4 is 29.0 Å². The molecule has 1 aromatic heterocycles. The smallest absolute Gasteiger partial charge is 0.256 e. The molecule has 0 saturated carbocycles. The van der Waals surface area contributed by atoms with Gasteiger partial charge in [0.1, 0.15) is 5.82 Å². The third-order valence-corrected chi connectivity index (χ3v) is 5.15. The summed E-state index contributed by atoms with van der Waals surface area (Å²) in [4.78, 5) is 28.0. The second-order valence-electron chi connectivity index (χ2n) is 7.46. The van der Waals surface area contributed by atoms with E-state index in [1.54, 1.807) is 90.6 Å². The number of anilines is 2. The molecular weight excluding hydrogens is 442 g/mol. The van der Waals surface area contributed by atoms with Gasteiger partial charge < -0.3 is 10.6 Å². The number of carbonyl (C=O) groups excluding carboxylic acids is 2. The first-order chi connectivity index (χ1) is 17.0. The maximum absolute atomic E-state index is 12.6. The number of carbonyl (C=O) groups is 2. The van der Waals surface area contributed by atoms with Gasteiger partial charge in [-0.3, -0.25) is 14.3 Å². The molecule has 170 valence electrons. The highest BCUT2D eigenvalue weighted by Crippen LogP contribution is 2.25. The minimum Gasteiger partial charge on any atom is -0.322 e. The van der Waals surface area contributed by atoms with E-state index in [0.29, 0.717) is 28.3 Å². The SMILES string of the molecule is C#Cc1cccc(C(=O)Nc2cc(-c3ccc(NC(=O)c4ccccc4N=[N+]=[N-])cc3)nn2C)c1. The molecule has 0 radical (unpaired) electrons. The van der Waals surface area contributed by atoms with Crippen LogP contribution in [0.4, 0.5) is 17.2 Å². The summed E-state index contributed by atoms with van der Waals surface area (Å²) in [6.45, 7) is 0. The molecule has 1 heterocycles. The summed E-state index contributed by atoms with van der Waals surface area (Å²) in [7, 11) is 1.73. The van der Waals surface area contributed by atoms with Gasteiger partial charge in [-0.2, -0.15) is 5.10 Å². The summed E-state index contributed by atoms with van der Waals surface area (Å²) in [5.41, 5.74) is 12.3. The van der Waals surface area contributed by atoms with Crippen LogP contribution in [0.5, 0.6) is 0 Å². The van der Waals surface area contributed by atoms with Crippen molar-refractivity contribution < 1.29 is 9.59 Å². The molecule has 2 N–H and O–H groups in total. The van der Waals surface area contributed by atoms with E-state index >= 15 is 0 Å². The molecule has 0 aliphatic rings. The highest BCUT2D eigenvalue weighted by atomic mass is 16.2. The largest absolute Gasteiger partial charge is 0.322 e. The number of nitrogens with one attached hydrogen (secondary N) is 2. The molecule has 9 nitrogen and oxygen atoms in total. The van der Waals surface area contributed by atoms with E-state index in [9.17, 15) is 9.59 Å². The number of aromatic nitrogens is 2. The third kappa shape index (κ3) is 5.20. The highest BCUT2D eigenvalue weighted by Gasteiger charge is 2.13. The molecule has 0 saturated heterocycles. The average molecular weight is 461 g/mol. The summed E-state index contributed by atoms with van der Waals surface area (Å²) in [6, 6.07) is 22.2. The van der Waals surface area contributed by atoms with Gasteiger partial charge in [0.25, 0.3) is 11.8 Å². The Kier molecular flexibility index (Phi) is 6.59. The Morgan fingerprint density at radius 1 is 1.00 bits per heavy atom. The van der Waals surface area contributed by atoms with Crippen molar-refractivity contribution in [2.75, 3.05) is 10.6 Å². The Hall–Kier alpha value is -5.32. The van der Waals surface area contributed by atoms with E-state index < -0.39 is 5.91 Å². The van der Waals surface area contributed by atoms with Gasteiger partial charge in [-0.1, -0.05) is 47.4 Å². The molecule has 0 aliphatic heterocycles. The zero-order chi connectivity index (χ0) is 24.8. The van der Waals surface area contributed by atoms with Gasteiger partial charge in [-0.15, -0.1) is 6.42 Å². The lowest BCUT2D eigenvalue weighted by atomic mass is 10.1. The first-order valence-corrected chi connectivity index (χ1v) is 10.5. The van der Waals surface area contributed by atoms with Gasteiger partial charge >= 0.3 is 0 Å². The summed E-state index contributed by atoms with van der Waals surface area (Å²) >= 11 is 0. The zero-order valence-electron chi connectivity index (χ0n) is 18.6. The topological polar surface area (TPSA) is 125 Å². The molecular formula is C26H19N7O2. The summed E-state index contributed by atoms with van der Waals surface area (Å²) in [5, 5.41) is 13.6. The van der Waals surface area contributed by atoms with Crippen LogP contribution in [0.15, 0.2) is 84.0 Å². The van der Waals surface area contributed by atoms with Crippen LogP contribution in [-0.2, 0) is 7.05 Å². The van der Waals surface area contributed by atoms with Crippen LogP contribution < -0.4 is 10.6 Å². The second-order valence-corrected chi connectivity index (χ2v) is 7.46. The number of hydrogen-bond acceptors (Lipinski definition) is 4. The Balaban J connectivity index is 1.48. The molecule has 0 fully saturated rings. The van der Waals surface area contributed by atoms with Gasteiger partial charge in [0, 0.05) is 46.0 Å².